The van der Waals surface area contributed by atoms with Gasteiger partial charge in [0.2, 0.25) is 0 Å². The van der Waals surface area contributed by atoms with Crippen molar-refractivity contribution in [1.82, 2.24) is 5.32 Å². The molecule has 0 aliphatic carbocycles. The molecule has 0 bridgehead atoms. The highest BCUT2D eigenvalue weighted by Crippen LogP contribution is 2.26. The van der Waals surface area contributed by atoms with Crippen molar-refractivity contribution in [2.75, 3.05) is 43.5 Å². The van der Waals surface area contributed by atoms with Crippen LogP contribution in [0, 0.1) is 10.1 Å². The number of hydrogen-bond acceptors (Lipinski definition) is 6. The van der Waals surface area contributed by atoms with E-state index in [1.807, 2.05) is 23.1 Å². The molecule has 7 nitrogen and oxygen atoms in total. The zero-order chi connectivity index (χ0) is 19.8. The molecule has 1 fully saturated rings. The lowest BCUT2D eigenvalue weighted by Crippen LogP contribution is -2.38. The molecule has 1 N–H and O–H groups in total. The largest absolute Gasteiger partial charge is 0.378 e. The number of carbonyl (C=O) groups excluding carboxylic acids is 1. The highest BCUT2D eigenvalue weighted by molar-refractivity contribution is 7.99. The Morgan fingerprint density at radius 3 is 2.64 bits per heavy atom. The van der Waals surface area contributed by atoms with Crippen LogP contribution in [0.2, 0.25) is 0 Å². The molecule has 1 heterocycles. The molecule has 1 saturated heterocycles. The molecule has 8 heteroatoms. The highest BCUT2D eigenvalue weighted by Gasteiger charge is 2.21. The molecule has 0 radical (unpaired) electrons. The van der Waals surface area contributed by atoms with Gasteiger partial charge >= 0.3 is 0 Å². The fourth-order valence-electron chi connectivity index (χ4n) is 2.98. The molecule has 0 spiro atoms. The summed E-state index contributed by atoms with van der Waals surface area (Å²) in [5.41, 5.74) is 0.971. The first-order chi connectivity index (χ1) is 13.6. The van der Waals surface area contributed by atoms with Crippen LogP contribution in [-0.4, -0.2) is 49.4 Å². The van der Waals surface area contributed by atoms with Crippen molar-refractivity contribution in [3.05, 3.63) is 64.2 Å². The van der Waals surface area contributed by atoms with Crippen molar-refractivity contribution in [3.8, 4) is 0 Å². The lowest BCUT2D eigenvalue weighted by Gasteiger charge is -2.30. The number of benzene rings is 2. The van der Waals surface area contributed by atoms with E-state index in [1.54, 1.807) is 17.8 Å². The van der Waals surface area contributed by atoms with Gasteiger partial charge in [0, 0.05) is 36.7 Å². The number of nitro benzene ring substituents is 1. The summed E-state index contributed by atoms with van der Waals surface area (Å²) in [7, 11) is 0. The molecule has 1 amide bonds. The maximum Gasteiger partial charge on any atom is 0.270 e. The van der Waals surface area contributed by atoms with E-state index in [9.17, 15) is 14.9 Å². The van der Waals surface area contributed by atoms with Gasteiger partial charge in [-0.25, -0.2) is 0 Å². The Kier molecular flexibility index (Phi) is 7.27. The predicted molar refractivity (Wildman–Crippen MR) is 110 cm³/mol. The molecular formula is C20H23N3O4S. The second kappa shape index (κ2) is 10.1. The van der Waals surface area contributed by atoms with Crippen molar-refractivity contribution in [1.29, 1.82) is 0 Å². The third-order valence-electron chi connectivity index (χ3n) is 4.41. The number of carbonyl (C=O) groups is 1. The first kappa shape index (κ1) is 20.2. The summed E-state index contributed by atoms with van der Waals surface area (Å²) >= 11 is 1.74. The van der Waals surface area contributed by atoms with Gasteiger partial charge in [0.1, 0.15) is 0 Å². The van der Waals surface area contributed by atoms with Crippen molar-refractivity contribution in [2.45, 2.75) is 11.3 Å². The van der Waals surface area contributed by atoms with E-state index in [2.05, 4.69) is 17.4 Å². The summed E-state index contributed by atoms with van der Waals surface area (Å²) in [5.74, 6) is 0.602. The van der Waals surface area contributed by atoms with Gasteiger partial charge in [-0.05, 0) is 30.4 Å². The topological polar surface area (TPSA) is 84.7 Å². The predicted octanol–water partition coefficient (Wildman–Crippen LogP) is 3.34. The van der Waals surface area contributed by atoms with Gasteiger partial charge in [-0.1, -0.05) is 18.2 Å². The number of thioether (sulfide) groups is 1. The molecule has 1 aliphatic rings. The SMILES string of the molecule is O=C(NCCCSc1ccccc1)c1cc([N+](=O)[O-])ccc1N1CCOCC1. The maximum absolute atomic E-state index is 12.7. The van der Waals surface area contributed by atoms with Gasteiger partial charge in [0.25, 0.3) is 11.6 Å². The molecule has 0 atom stereocenters. The van der Waals surface area contributed by atoms with E-state index in [0.29, 0.717) is 44.1 Å². The molecule has 1 aliphatic heterocycles. The maximum atomic E-state index is 12.7. The minimum absolute atomic E-state index is 0.0817. The molecule has 0 unspecified atom stereocenters. The fourth-order valence-corrected chi connectivity index (χ4v) is 3.85. The minimum Gasteiger partial charge on any atom is -0.378 e. The lowest BCUT2D eigenvalue weighted by molar-refractivity contribution is -0.384. The lowest BCUT2D eigenvalue weighted by atomic mass is 10.1. The Morgan fingerprint density at radius 2 is 1.93 bits per heavy atom. The summed E-state index contributed by atoms with van der Waals surface area (Å²) in [6.45, 7) is 2.99. The van der Waals surface area contributed by atoms with Crippen LogP contribution < -0.4 is 10.2 Å². The Bertz CT molecular complexity index is 810. The van der Waals surface area contributed by atoms with E-state index in [0.717, 1.165) is 12.2 Å². The number of non-ortho nitro benzene ring substituents is 1. The number of nitrogens with one attached hydrogen (secondary N) is 1. The van der Waals surface area contributed by atoms with E-state index in [4.69, 9.17) is 4.74 Å². The number of amides is 1. The third-order valence-corrected chi connectivity index (χ3v) is 5.50. The van der Waals surface area contributed by atoms with Crippen LogP contribution in [0.5, 0.6) is 0 Å². The van der Waals surface area contributed by atoms with Crippen molar-refractivity contribution in [3.63, 3.8) is 0 Å². The average molecular weight is 401 g/mol. The van der Waals surface area contributed by atoms with Crippen LogP contribution in [0.4, 0.5) is 11.4 Å². The van der Waals surface area contributed by atoms with Gasteiger partial charge < -0.3 is 15.0 Å². The molecule has 148 valence electrons. The first-order valence-electron chi connectivity index (χ1n) is 9.22. The number of ether oxygens (including phenoxy) is 1. The standard InChI is InChI=1S/C20H23N3O4S/c24-20(21-9-4-14-28-17-5-2-1-3-6-17)18-15-16(23(25)26)7-8-19(18)22-10-12-27-13-11-22/h1-3,5-8,15H,4,9-14H2,(H,21,24). The summed E-state index contributed by atoms with van der Waals surface area (Å²) < 4.78 is 5.36. The average Bonchev–Trinajstić information content (AvgIpc) is 2.74. The number of nitro groups is 1. The number of hydrogen-bond donors (Lipinski definition) is 1. The zero-order valence-electron chi connectivity index (χ0n) is 15.5. The van der Waals surface area contributed by atoms with Gasteiger partial charge in [-0.2, -0.15) is 0 Å². The third kappa shape index (κ3) is 5.46. The molecule has 3 rings (SSSR count). The Labute approximate surface area is 168 Å². The van der Waals surface area contributed by atoms with Crippen molar-refractivity contribution in [2.24, 2.45) is 0 Å². The Morgan fingerprint density at radius 1 is 1.18 bits per heavy atom. The number of morpholine rings is 1. The van der Waals surface area contributed by atoms with Gasteiger partial charge in [0.05, 0.1) is 29.4 Å². The second-order valence-corrected chi connectivity index (χ2v) is 7.50. The molecule has 2 aromatic rings. The van der Waals surface area contributed by atoms with Gasteiger partial charge in [0.15, 0.2) is 0 Å². The van der Waals surface area contributed by atoms with Crippen LogP contribution in [0.25, 0.3) is 0 Å². The molecular weight excluding hydrogens is 378 g/mol. The van der Waals surface area contributed by atoms with E-state index >= 15 is 0 Å². The van der Waals surface area contributed by atoms with Crippen LogP contribution in [-0.2, 0) is 4.74 Å². The second-order valence-electron chi connectivity index (χ2n) is 6.33. The van der Waals surface area contributed by atoms with Crippen molar-refractivity contribution >= 4 is 29.0 Å². The molecule has 2 aromatic carbocycles. The van der Waals surface area contributed by atoms with E-state index in [1.165, 1.54) is 17.0 Å². The first-order valence-corrected chi connectivity index (χ1v) is 10.2. The number of anilines is 1. The summed E-state index contributed by atoms with van der Waals surface area (Å²) in [5, 5.41) is 14.0. The Hall–Kier alpha value is -2.58. The normalized spacial score (nSPS) is 13.9. The smallest absolute Gasteiger partial charge is 0.270 e. The molecule has 0 saturated carbocycles. The molecule has 0 aromatic heterocycles. The summed E-state index contributed by atoms with van der Waals surface area (Å²) in [6, 6.07) is 14.6. The summed E-state index contributed by atoms with van der Waals surface area (Å²) in [6.07, 6.45) is 0.813. The highest BCUT2D eigenvalue weighted by atomic mass is 32.2. The van der Waals surface area contributed by atoms with Crippen LogP contribution >= 0.6 is 11.8 Å². The quantitative estimate of drug-likeness (QED) is 0.316. The van der Waals surface area contributed by atoms with Crippen LogP contribution in [0.1, 0.15) is 16.8 Å². The zero-order valence-corrected chi connectivity index (χ0v) is 16.3. The van der Waals surface area contributed by atoms with Gasteiger partial charge in [-0.15, -0.1) is 11.8 Å². The molecule has 28 heavy (non-hydrogen) atoms. The van der Waals surface area contributed by atoms with E-state index < -0.39 is 4.92 Å². The van der Waals surface area contributed by atoms with Crippen molar-refractivity contribution < 1.29 is 14.5 Å². The van der Waals surface area contributed by atoms with E-state index in [-0.39, 0.29) is 11.6 Å². The Balaban J connectivity index is 1.60. The van der Waals surface area contributed by atoms with Crippen LogP contribution in [0.3, 0.4) is 0 Å². The van der Waals surface area contributed by atoms with Gasteiger partial charge in [-0.3, -0.25) is 14.9 Å². The number of nitrogens with zero attached hydrogens (tertiary/aromatic N) is 2. The fraction of sp³-hybridized carbons (Fsp3) is 0.350. The van der Waals surface area contributed by atoms with Crippen LogP contribution in [0.15, 0.2) is 53.4 Å². The number of rotatable bonds is 8. The minimum atomic E-state index is -0.476. The summed E-state index contributed by atoms with van der Waals surface area (Å²) in [4.78, 5) is 26.6. The monoisotopic (exact) mass is 401 g/mol.